The summed E-state index contributed by atoms with van der Waals surface area (Å²) in [4.78, 5) is 31.3. The summed E-state index contributed by atoms with van der Waals surface area (Å²) in [7, 11) is 0. The van der Waals surface area contributed by atoms with Crippen molar-refractivity contribution in [2.24, 2.45) is 0 Å². The minimum absolute atomic E-state index is 0.256. The molecule has 4 rings (SSSR count). The molecule has 3 heterocycles. The molecular weight excluding hydrogens is 335 g/mol. The van der Waals surface area contributed by atoms with Gasteiger partial charge in [-0.05, 0) is 36.2 Å². The summed E-state index contributed by atoms with van der Waals surface area (Å²) in [6, 6.07) is 8.64. The smallest absolute Gasteiger partial charge is 0.275 e. The van der Waals surface area contributed by atoms with Crippen LogP contribution in [0.5, 0.6) is 0 Å². The number of hydrogen-bond acceptors (Lipinski definition) is 3. The second-order valence-corrected chi connectivity index (χ2v) is 6.35. The van der Waals surface area contributed by atoms with Crippen LogP contribution in [0.25, 0.3) is 5.65 Å². The number of carbonyl (C=O) groups is 2. The van der Waals surface area contributed by atoms with Crippen molar-refractivity contribution in [3.63, 3.8) is 0 Å². The number of nitrogens with zero attached hydrogens (tertiary/aromatic N) is 3. The van der Waals surface area contributed by atoms with Crippen LogP contribution in [0.2, 0.25) is 0 Å². The third-order valence-corrected chi connectivity index (χ3v) is 4.46. The maximum absolute atomic E-state index is 13.6. The van der Waals surface area contributed by atoms with Gasteiger partial charge in [-0.25, -0.2) is 9.37 Å². The molecule has 0 saturated carbocycles. The highest BCUT2D eigenvalue weighted by atomic mass is 19.1. The van der Waals surface area contributed by atoms with E-state index < -0.39 is 11.9 Å². The van der Waals surface area contributed by atoms with Gasteiger partial charge in [0.2, 0.25) is 5.91 Å². The van der Waals surface area contributed by atoms with Crippen LogP contribution in [0.3, 0.4) is 0 Å². The van der Waals surface area contributed by atoms with Crippen molar-refractivity contribution in [3.05, 3.63) is 71.4 Å². The van der Waals surface area contributed by atoms with Crippen LogP contribution in [0.15, 0.2) is 48.8 Å². The van der Waals surface area contributed by atoms with E-state index in [9.17, 15) is 14.0 Å². The molecule has 0 spiro atoms. The van der Waals surface area contributed by atoms with Gasteiger partial charge < -0.3 is 14.6 Å². The number of pyridine rings is 1. The van der Waals surface area contributed by atoms with Gasteiger partial charge in [-0.1, -0.05) is 18.2 Å². The Labute approximate surface area is 149 Å². The minimum atomic E-state index is -0.876. The lowest BCUT2D eigenvalue weighted by Crippen LogP contribution is -2.52. The zero-order valence-electron chi connectivity index (χ0n) is 14.1. The van der Waals surface area contributed by atoms with Gasteiger partial charge in [-0.2, -0.15) is 0 Å². The van der Waals surface area contributed by atoms with Crippen LogP contribution in [-0.2, 0) is 4.79 Å². The molecule has 1 aliphatic heterocycles. The lowest BCUT2D eigenvalue weighted by molar-refractivity contribution is -0.128. The monoisotopic (exact) mass is 352 g/mol. The Morgan fingerprint density at radius 2 is 2.12 bits per heavy atom. The van der Waals surface area contributed by atoms with Gasteiger partial charge in [0.25, 0.3) is 5.91 Å². The molecule has 6 nitrogen and oxygen atoms in total. The number of amides is 2. The van der Waals surface area contributed by atoms with Crippen molar-refractivity contribution < 1.29 is 14.0 Å². The average molecular weight is 352 g/mol. The van der Waals surface area contributed by atoms with Crippen LogP contribution in [-0.4, -0.2) is 39.2 Å². The number of benzene rings is 1. The fourth-order valence-electron chi connectivity index (χ4n) is 3.25. The van der Waals surface area contributed by atoms with Crippen molar-refractivity contribution in [2.45, 2.75) is 13.0 Å². The number of aryl methyl sites for hydroxylation is 1. The Morgan fingerprint density at radius 1 is 1.27 bits per heavy atom. The number of piperazine rings is 1. The lowest BCUT2D eigenvalue weighted by atomic mass is 10.0. The molecule has 0 aliphatic carbocycles. The number of carbonyl (C=O) groups excluding carboxylic acids is 2. The van der Waals surface area contributed by atoms with Gasteiger partial charge in [0, 0.05) is 25.5 Å². The van der Waals surface area contributed by atoms with E-state index in [0.29, 0.717) is 24.3 Å². The largest absolute Gasteiger partial charge is 0.352 e. The average Bonchev–Trinajstić information content (AvgIpc) is 3.04. The van der Waals surface area contributed by atoms with Crippen LogP contribution in [0.1, 0.15) is 27.7 Å². The van der Waals surface area contributed by atoms with Crippen molar-refractivity contribution in [3.8, 4) is 0 Å². The summed E-state index contributed by atoms with van der Waals surface area (Å²) in [6.07, 6.45) is 3.53. The molecule has 1 saturated heterocycles. The number of aromatic nitrogens is 2. The Balaban J connectivity index is 1.72. The molecule has 0 radical (unpaired) electrons. The van der Waals surface area contributed by atoms with Crippen molar-refractivity contribution in [2.75, 3.05) is 13.1 Å². The molecule has 0 unspecified atom stereocenters. The topological polar surface area (TPSA) is 66.7 Å². The molecular formula is C19H17FN4O2. The molecule has 132 valence electrons. The minimum Gasteiger partial charge on any atom is -0.352 e. The third kappa shape index (κ3) is 2.81. The standard InChI is InChI=1S/C19H17FN4O2/c1-12-5-6-16-22-15(11-23(16)10-12)19(26)24-8-7-21-18(25)17(24)13-3-2-4-14(20)9-13/h2-6,9-11,17H,7-8H2,1H3,(H,21,25)/t17-/m1/s1. The molecule has 2 aromatic heterocycles. The highest BCUT2D eigenvalue weighted by molar-refractivity contribution is 5.97. The van der Waals surface area contributed by atoms with E-state index in [-0.39, 0.29) is 17.5 Å². The highest BCUT2D eigenvalue weighted by Crippen LogP contribution is 2.25. The maximum Gasteiger partial charge on any atom is 0.275 e. The van der Waals surface area contributed by atoms with Gasteiger partial charge >= 0.3 is 0 Å². The molecule has 1 atom stereocenters. The molecule has 1 fully saturated rings. The number of hydrogen-bond donors (Lipinski definition) is 1. The summed E-state index contributed by atoms with van der Waals surface area (Å²) in [6.45, 7) is 2.64. The van der Waals surface area contributed by atoms with Gasteiger partial charge in [0.05, 0.1) is 0 Å². The van der Waals surface area contributed by atoms with E-state index in [1.165, 1.54) is 23.1 Å². The molecule has 1 aliphatic rings. The summed E-state index contributed by atoms with van der Waals surface area (Å²) in [5.41, 5.74) is 2.40. The summed E-state index contributed by atoms with van der Waals surface area (Å²) in [5, 5.41) is 2.74. The molecule has 7 heteroatoms. The van der Waals surface area contributed by atoms with E-state index in [0.717, 1.165) is 5.56 Å². The molecule has 3 aromatic rings. The number of rotatable bonds is 2. The first-order valence-electron chi connectivity index (χ1n) is 8.32. The van der Waals surface area contributed by atoms with Gasteiger partial charge in [-0.3, -0.25) is 9.59 Å². The predicted molar refractivity (Wildman–Crippen MR) is 93.1 cm³/mol. The molecule has 1 N–H and O–H groups in total. The van der Waals surface area contributed by atoms with Crippen LogP contribution in [0.4, 0.5) is 4.39 Å². The van der Waals surface area contributed by atoms with Crippen molar-refractivity contribution >= 4 is 17.5 Å². The Hall–Kier alpha value is -3.22. The van der Waals surface area contributed by atoms with E-state index in [4.69, 9.17) is 0 Å². The number of imidazole rings is 1. The first-order valence-corrected chi connectivity index (χ1v) is 8.32. The SMILES string of the molecule is Cc1ccc2nc(C(=O)N3CCNC(=O)[C@H]3c3cccc(F)c3)cn2c1. The molecule has 2 amide bonds. The molecule has 0 bridgehead atoms. The lowest BCUT2D eigenvalue weighted by Gasteiger charge is -2.34. The highest BCUT2D eigenvalue weighted by Gasteiger charge is 2.35. The van der Waals surface area contributed by atoms with Gasteiger partial charge in [0.1, 0.15) is 23.2 Å². The fraction of sp³-hybridized carbons (Fsp3) is 0.211. The van der Waals surface area contributed by atoms with E-state index in [1.54, 1.807) is 16.7 Å². The van der Waals surface area contributed by atoms with Crippen LogP contribution < -0.4 is 5.32 Å². The van der Waals surface area contributed by atoms with Gasteiger partial charge in [0.15, 0.2) is 0 Å². The van der Waals surface area contributed by atoms with Crippen molar-refractivity contribution in [1.82, 2.24) is 19.6 Å². The maximum atomic E-state index is 13.6. The first kappa shape index (κ1) is 16.3. The number of nitrogens with one attached hydrogen (secondary N) is 1. The van der Waals surface area contributed by atoms with Crippen LogP contribution >= 0.6 is 0 Å². The van der Waals surface area contributed by atoms with E-state index in [2.05, 4.69) is 10.3 Å². The fourth-order valence-corrected chi connectivity index (χ4v) is 3.25. The van der Waals surface area contributed by atoms with E-state index >= 15 is 0 Å². The Bertz CT molecular complexity index is 1010. The van der Waals surface area contributed by atoms with E-state index in [1.807, 2.05) is 25.3 Å². The Morgan fingerprint density at radius 3 is 2.92 bits per heavy atom. The predicted octanol–water partition coefficient (Wildman–Crippen LogP) is 2.10. The second kappa shape index (κ2) is 6.25. The normalized spacial score (nSPS) is 17.4. The second-order valence-electron chi connectivity index (χ2n) is 6.35. The zero-order valence-corrected chi connectivity index (χ0v) is 14.1. The summed E-state index contributed by atoms with van der Waals surface area (Å²) in [5.74, 6) is -1.12. The number of halogens is 1. The third-order valence-electron chi connectivity index (χ3n) is 4.46. The molecule has 26 heavy (non-hydrogen) atoms. The van der Waals surface area contributed by atoms with Gasteiger partial charge in [-0.15, -0.1) is 0 Å². The van der Waals surface area contributed by atoms with Crippen molar-refractivity contribution in [1.29, 1.82) is 0 Å². The Kier molecular flexibility index (Phi) is 3.91. The number of fused-ring (bicyclic) bond motifs is 1. The quantitative estimate of drug-likeness (QED) is 0.768. The zero-order chi connectivity index (χ0) is 18.3. The first-order chi connectivity index (χ1) is 12.5. The molecule has 1 aromatic carbocycles. The van der Waals surface area contributed by atoms with Crippen LogP contribution in [0, 0.1) is 12.7 Å². The summed E-state index contributed by atoms with van der Waals surface area (Å²) < 4.78 is 15.4. The summed E-state index contributed by atoms with van der Waals surface area (Å²) >= 11 is 0.